The number of hydrogen-bond acceptors (Lipinski definition) is 0. The first-order valence-electron chi connectivity index (χ1n) is 6.87. The average Bonchev–Trinajstić information content (AvgIpc) is 2.54. The zero-order chi connectivity index (χ0) is 13.3. The van der Waals surface area contributed by atoms with E-state index in [1.54, 1.807) is 5.57 Å². The summed E-state index contributed by atoms with van der Waals surface area (Å²) in [5.41, 5.74) is 1.94. The minimum absolute atomic E-state index is 0.320. The molecular weight excluding hydrogens is 331 g/mol. The second-order valence-corrected chi connectivity index (χ2v) is 7.37. The van der Waals surface area contributed by atoms with Gasteiger partial charge in [0.15, 0.2) is 0 Å². The molecule has 2 rings (SSSR count). The largest absolute Gasteiger partial charge is 0.103 e. The van der Waals surface area contributed by atoms with Crippen molar-refractivity contribution in [3.8, 4) is 0 Å². The Balaban J connectivity index is 2.43. The molecule has 0 aromatic heterocycles. The van der Waals surface area contributed by atoms with Crippen LogP contribution in [0.3, 0.4) is 0 Å². The van der Waals surface area contributed by atoms with Gasteiger partial charge in [-0.15, -0.1) is 6.58 Å². The molecule has 0 bridgehead atoms. The Morgan fingerprint density at radius 1 is 1.44 bits per heavy atom. The van der Waals surface area contributed by atoms with Crippen LogP contribution in [-0.4, -0.2) is 0 Å². The van der Waals surface area contributed by atoms with Crippen LogP contribution in [0.1, 0.15) is 33.6 Å². The van der Waals surface area contributed by atoms with Crippen LogP contribution < -0.4 is 0 Å². The van der Waals surface area contributed by atoms with Crippen LogP contribution in [0.25, 0.3) is 0 Å². The average molecular weight is 354 g/mol. The maximum Gasteiger partial charge on any atom is 0.00510 e. The van der Waals surface area contributed by atoms with E-state index in [9.17, 15) is 0 Å². The van der Waals surface area contributed by atoms with Gasteiger partial charge in [0.2, 0.25) is 0 Å². The Bertz CT molecular complexity index is 423. The maximum absolute atomic E-state index is 4.09. The van der Waals surface area contributed by atoms with Gasteiger partial charge in [-0.3, -0.25) is 0 Å². The third-order valence-corrected chi connectivity index (χ3v) is 5.42. The Labute approximate surface area is 125 Å². The van der Waals surface area contributed by atoms with E-state index < -0.39 is 0 Å². The summed E-state index contributed by atoms with van der Waals surface area (Å²) < 4.78 is 1.48. The van der Waals surface area contributed by atoms with Crippen molar-refractivity contribution in [2.24, 2.45) is 23.2 Å². The van der Waals surface area contributed by atoms with Gasteiger partial charge in [0.25, 0.3) is 0 Å². The lowest BCUT2D eigenvalue weighted by Crippen LogP contribution is -2.25. The predicted octanol–water partition coefficient (Wildman–Crippen LogP) is 5.68. The summed E-state index contributed by atoms with van der Waals surface area (Å²) in [7, 11) is 0. The molecule has 0 radical (unpaired) electrons. The normalized spacial score (nSPS) is 34.1. The van der Waals surface area contributed by atoms with Gasteiger partial charge in [-0.05, 0) is 56.3 Å². The Morgan fingerprint density at radius 2 is 2.17 bits per heavy atom. The van der Waals surface area contributed by atoms with Crippen molar-refractivity contribution >= 4 is 22.6 Å². The van der Waals surface area contributed by atoms with Crippen molar-refractivity contribution in [2.45, 2.75) is 33.6 Å². The molecule has 0 aromatic rings. The summed E-state index contributed by atoms with van der Waals surface area (Å²) in [5, 5.41) is 0. The molecular formula is C17H23I. The molecule has 0 heterocycles. The first-order valence-corrected chi connectivity index (χ1v) is 7.95. The van der Waals surface area contributed by atoms with Crippen LogP contribution in [0.2, 0.25) is 0 Å². The standard InChI is InChI=1S/C17H23I/c1-5-7-8-13-14-10-9-12(18)11-16(14)17(3,4)15(13)6-2/h6-10,13,15-16H,2,5,11H2,1,3-4H3/b8-7-. The van der Waals surface area contributed by atoms with E-state index in [0.29, 0.717) is 23.2 Å². The van der Waals surface area contributed by atoms with E-state index in [1.807, 2.05) is 0 Å². The topological polar surface area (TPSA) is 0 Å². The lowest BCUT2D eigenvalue weighted by molar-refractivity contribution is 0.219. The van der Waals surface area contributed by atoms with Crippen LogP contribution in [0, 0.1) is 23.2 Å². The molecule has 1 saturated carbocycles. The van der Waals surface area contributed by atoms with Gasteiger partial charge in [0.05, 0.1) is 0 Å². The Hall–Kier alpha value is -0.310. The number of rotatable bonds is 3. The Kier molecular flexibility index (Phi) is 4.20. The number of allylic oxidation sites excluding steroid dienone is 7. The van der Waals surface area contributed by atoms with Gasteiger partial charge >= 0.3 is 0 Å². The van der Waals surface area contributed by atoms with Gasteiger partial charge in [-0.25, -0.2) is 0 Å². The second-order valence-electron chi connectivity index (χ2n) is 5.98. The molecule has 2 aliphatic carbocycles. The third kappa shape index (κ3) is 2.26. The van der Waals surface area contributed by atoms with Crippen molar-refractivity contribution in [2.75, 3.05) is 0 Å². The zero-order valence-electron chi connectivity index (χ0n) is 11.6. The SMILES string of the molecule is C=CC1C(/C=C\CC)C2=CC=C(I)CC2C1(C)C. The lowest BCUT2D eigenvalue weighted by atomic mass is 9.72. The third-order valence-electron chi connectivity index (χ3n) is 4.62. The van der Waals surface area contributed by atoms with Crippen LogP contribution in [0.15, 0.2) is 46.1 Å². The van der Waals surface area contributed by atoms with Crippen LogP contribution >= 0.6 is 22.6 Å². The van der Waals surface area contributed by atoms with Gasteiger partial charge in [-0.1, -0.05) is 56.7 Å². The Morgan fingerprint density at radius 3 is 2.78 bits per heavy atom. The van der Waals surface area contributed by atoms with E-state index in [1.165, 1.54) is 10.0 Å². The summed E-state index contributed by atoms with van der Waals surface area (Å²) in [4.78, 5) is 0. The van der Waals surface area contributed by atoms with Crippen LogP contribution in [0.4, 0.5) is 0 Å². The van der Waals surface area contributed by atoms with E-state index in [2.05, 4.69) is 80.3 Å². The van der Waals surface area contributed by atoms with E-state index in [-0.39, 0.29) is 0 Å². The van der Waals surface area contributed by atoms with Crippen molar-refractivity contribution in [3.63, 3.8) is 0 Å². The van der Waals surface area contributed by atoms with Crippen molar-refractivity contribution in [1.29, 1.82) is 0 Å². The molecule has 98 valence electrons. The quantitative estimate of drug-likeness (QED) is 0.452. The van der Waals surface area contributed by atoms with Gasteiger partial charge < -0.3 is 0 Å². The highest BCUT2D eigenvalue weighted by molar-refractivity contribution is 14.1. The summed E-state index contributed by atoms with van der Waals surface area (Å²) in [6.45, 7) is 11.1. The molecule has 3 atom stereocenters. The maximum atomic E-state index is 4.09. The molecule has 1 fully saturated rings. The molecule has 0 N–H and O–H groups in total. The molecule has 1 heteroatoms. The molecule has 0 nitrogen and oxygen atoms in total. The minimum Gasteiger partial charge on any atom is -0.103 e. The lowest BCUT2D eigenvalue weighted by Gasteiger charge is -2.32. The smallest absolute Gasteiger partial charge is 0.00510 e. The predicted molar refractivity (Wildman–Crippen MR) is 88.7 cm³/mol. The van der Waals surface area contributed by atoms with Crippen molar-refractivity contribution in [3.05, 3.63) is 46.1 Å². The monoisotopic (exact) mass is 354 g/mol. The van der Waals surface area contributed by atoms with Crippen molar-refractivity contribution < 1.29 is 0 Å². The summed E-state index contributed by atoms with van der Waals surface area (Å²) in [6.07, 6.45) is 13.9. The molecule has 18 heavy (non-hydrogen) atoms. The highest BCUT2D eigenvalue weighted by Gasteiger charge is 2.50. The summed E-state index contributed by atoms with van der Waals surface area (Å²) >= 11 is 2.48. The zero-order valence-corrected chi connectivity index (χ0v) is 13.8. The number of hydrogen-bond donors (Lipinski definition) is 0. The highest BCUT2D eigenvalue weighted by atomic mass is 127. The van der Waals surface area contributed by atoms with Crippen molar-refractivity contribution in [1.82, 2.24) is 0 Å². The fraction of sp³-hybridized carbons (Fsp3) is 0.529. The van der Waals surface area contributed by atoms with Gasteiger partial charge in [0.1, 0.15) is 0 Å². The molecule has 0 aliphatic heterocycles. The van der Waals surface area contributed by atoms with E-state index >= 15 is 0 Å². The molecule has 0 amide bonds. The van der Waals surface area contributed by atoms with Crippen LogP contribution in [-0.2, 0) is 0 Å². The molecule has 0 aromatic carbocycles. The summed E-state index contributed by atoms with van der Waals surface area (Å²) in [5.74, 6) is 1.80. The highest BCUT2D eigenvalue weighted by Crippen LogP contribution is 2.58. The van der Waals surface area contributed by atoms with E-state index in [4.69, 9.17) is 0 Å². The minimum atomic E-state index is 0.320. The first-order chi connectivity index (χ1) is 8.52. The fourth-order valence-corrected chi connectivity index (χ4v) is 4.21. The van der Waals surface area contributed by atoms with Crippen LogP contribution in [0.5, 0.6) is 0 Å². The summed E-state index contributed by atoms with van der Waals surface area (Å²) in [6, 6.07) is 0. The first kappa shape index (κ1) is 14.1. The number of fused-ring (bicyclic) bond motifs is 1. The molecule has 0 saturated heterocycles. The number of halogens is 1. The fourth-order valence-electron chi connectivity index (χ4n) is 3.59. The second kappa shape index (κ2) is 5.36. The molecule has 0 spiro atoms. The molecule has 2 aliphatic rings. The molecule has 3 unspecified atom stereocenters. The van der Waals surface area contributed by atoms with Gasteiger partial charge in [-0.2, -0.15) is 0 Å². The van der Waals surface area contributed by atoms with Gasteiger partial charge in [0, 0.05) is 5.92 Å². The van der Waals surface area contributed by atoms with E-state index in [0.717, 1.165) is 6.42 Å².